The number of carbonyl (C=O) groups is 1. The van der Waals surface area contributed by atoms with Gasteiger partial charge >= 0.3 is 5.97 Å². The average Bonchev–Trinajstić information content (AvgIpc) is 2.79. The number of allylic oxidation sites excluding steroid dienone is 2. The summed E-state index contributed by atoms with van der Waals surface area (Å²) in [7, 11) is 3.26. The molecule has 31 heavy (non-hydrogen) atoms. The summed E-state index contributed by atoms with van der Waals surface area (Å²) in [5.41, 5.74) is 1.99. The number of ether oxygens (including phenoxy) is 5. The van der Waals surface area contributed by atoms with Crippen LogP contribution in [0.3, 0.4) is 0 Å². The molecule has 0 heterocycles. The minimum absolute atomic E-state index is 0.334. The Labute approximate surface area is 184 Å². The third-order valence-electron chi connectivity index (χ3n) is 4.62. The SMILES string of the molecule is CC=C(Cc1cc(OC)cc(OC)c1)Oc1ccc(CC(OCC)C(=O)OCC)cc1. The molecule has 1 unspecified atom stereocenters. The second-order valence-electron chi connectivity index (χ2n) is 6.80. The number of methoxy groups -OCH3 is 2. The normalized spacial score (nSPS) is 12.2. The van der Waals surface area contributed by atoms with Crippen molar-refractivity contribution in [2.45, 2.75) is 39.7 Å². The number of hydrogen-bond donors (Lipinski definition) is 0. The first kappa shape index (κ1) is 24.3. The summed E-state index contributed by atoms with van der Waals surface area (Å²) in [6.45, 7) is 6.37. The number of esters is 1. The molecule has 1 atom stereocenters. The maximum atomic E-state index is 12.1. The van der Waals surface area contributed by atoms with Crippen LogP contribution >= 0.6 is 0 Å². The van der Waals surface area contributed by atoms with E-state index < -0.39 is 6.10 Å². The van der Waals surface area contributed by atoms with Crippen LogP contribution in [0.5, 0.6) is 17.2 Å². The summed E-state index contributed by atoms with van der Waals surface area (Å²) in [5.74, 6) is 2.66. The average molecular weight is 429 g/mol. The van der Waals surface area contributed by atoms with Crippen molar-refractivity contribution in [3.63, 3.8) is 0 Å². The van der Waals surface area contributed by atoms with Gasteiger partial charge in [-0.15, -0.1) is 0 Å². The summed E-state index contributed by atoms with van der Waals surface area (Å²) in [4.78, 5) is 12.1. The molecule has 2 aromatic carbocycles. The maximum absolute atomic E-state index is 12.1. The van der Waals surface area contributed by atoms with Crippen LogP contribution in [-0.4, -0.2) is 39.5 Å². The van der Waals surface area contributed by atoms with E-state index >= 15 is 0 Å². The zero-order valence-corrected chi connectivity index (χ0v) is 19.0. The number of benzene rings is 2. The van der Waals surface area contributed by atoms with Crippen molar-refractivity contribution in [2.75, 3.05) is 27.4 Å². The Morgan fingerprint density at radius 1 is 0.903 bits per heavy atom. The van der Waals surface area contributed by atoms with Crippen LogP contribution in [0.1, 0.15) is 31.9 Å². The highest BCUT2D eigenvalue weighted by Gasteiger charge is 2.20. The minimum atomic E-state index is -0.606. The Bertz CT molecular complexity index is 835. The van der Waals surface area contributed by atoms with Gasteiger partial charge in [0.15, 0.2) is 6.10 Å². The van der Waals surface area contributed by atoms with Gasteiger partial charge in [-0.3, -0.25) is 0 Å². The number of rotatable bonds is 12. The predicted molar refractivity (Wildman–Crippen MR) is 120 cm³/mol. The lowest BCUT2D eigenvalue weighted by molar-refractivity contribution is -0.156. The summed E-state index contributed by atoms with van der Waals surface area (Å²) in [6, 6.07) is 13.4. The monoisotopic (exact) mass is 428 g/mol. The van der Waals surface area contributed by atoms with Gasteiger partial charge in [0.25, 0.3) is 0 Å². The van der Waals surface area contributed by atoms with Crippen LogP contribution in [0.25, 0.3) is 0 Å². The fraction of sp³-hybridized carbons (Fsp3) is 0.400. The van der Waals surface area contributed by atoms with Crippen LogP contribution in [0.15, 0.2) is 54.3 Å². The van der Waals surface area contributed by atoms with Crippen molar-refractivity contribution < 1.29 is 28.5 Å². The van der Waals surface area contributed by atoms with Gasteiger partial charge in [-0.25, -0.2) is 4.79 Å². The molecule has 2 aromatic rings. The molecule has 0 bridgehead atoms. The van der Waals surface area contributed by atoms with E-state index in [4.69, 9.17) is 23.7 Å². The fourth-order valence-electron chi connectivity index (χ4n) is 3.07. The Morgan fingerprint density at radius 2 is 1.55 bits per heavy atom. The largest absolute Gasteiger partial charge is 0.497 e. The van der Waals surface area contributed by atoms with Crippen LogP contribution in [-0.2, 0) is 27.1 Å². The highest BCUT2D eigenvalue weighted by molar-refractivity contribution is 5.75. The van der Waals surface area contributed by atoms with Gasteiger partial charge in [0.1, 0.15) is 23.0 Å². The highest BCUT2D eigenvalue weighted by atomic mass is 16.6. The van der Waals surface area contributed by atoms with Crippen molar-refractivity contribution in [2.24, 2.45) is 0 Å². The van der Waals surface area contributed by atoms with Gasteiger partial charge in [0.05, 0.1) is 20.8 Å². The van der Waals surface area contributed by atoms with Crippen molar-refractivity contribution in [1.29, 1.82) is 0 Å². The van der Waals surface area contributed by atoms with Crippen LogP contribution in [0.2, 0.25) is 0 Å². The summed E-state index contributed by atoms with van der Waals surface area (Å²) >= 11 is 0. The van der Waals surface area contributed by atoms with E-state index in [1.165, 1.54) is 0 Å². The molecule has 0 aliphatic rings. The third-order valence-corrected chi connectivity index (χ3v) is 4.62. The molecule has 6 nitrogen and oxygen atoms in total. The molecule has 168 valence electrons. The number of hydrogen-bond acceptors (Lipinski definition) is 6. The molecular formula is C25H32O6. The maximum Gasteiger partial charge on any atom is 0.335 e. The molecule has 0 saturated heterocycles. The number of carbonyl (C=O) groups excluding carboxylic acids is 1. The van der Waals surface area contributed by atoms with E-state index in [1.807, 2.05) is 62.4 Å². The molecule has 0 aromatic heterocycles. The smallest absolute Gasteiger partial charge is 0.335 e. The zero-order chi connectivity index (χ0) is 22.6. The van der Waals surface area contributed by atoms with Gasteiger partial charge in [0, 0.05) is 25.5 Å². The van der Waals surface area contributed by atoms with E-state index in [1.54, 1.807) is 21.1 Å². The van der Waals surface area contributed by atoms with Crippen LogP contribution in [0.4, 0.5) is 0 Å². The van der Waals surface area contributed by atoms with E-state index in [-0.39, 0.29) is 5.97 Å². The Hall–Kier alpha value is -2.99. The van der Waals surface area contributed by atoms with E-state index in [0.717, 1.165) is 34.1 Å². The molecule has 0 N–H and O–H groups in total. The molecular weight excluding hydrogens is 396 g/mol. The molecule has 0 amide bonds. The fourth-order valence-corrected chi connectivity index (χ4v) is 3.07. The van der Waals surface area contributed by atoms with Crippen LogP contribution in [0, 0.1) is 0 Å². The topological polar surface area (TPSA) is 63.2 Å². The van der Waals surface area contributed by atoms with Crippen molar-refractivity contribution in [1.82, 2.24) is 0 Å². The minimum Gasteiger partial charge on any atom is -0.497 e. The molecule has 6 heteroatoms. The predicted octanol–water partition coefficient (Wildman–Crippen LogP) is 4.74. The highest BCUT2D eigenvalue weighted by Crippen LogP contribution is 2.25. The van der Waals surface area contributed by atoms with Gasteiger partial charge < -0.3 is 23.7 Å². The Balaban J connectivity index is 2.04. The molecule has 0 fully saturated rings. The van der Waals surface area contributed by atoms with Crippen molar-refractivity contribution in [3.05, 3.63) is 65.4 Å². The Kier molecular flexibility index (Phi) is 9.91. The third kappa shape index (κ3) is 7.64. The van der Waals surface area contributed by atoms with Crippen molar-refractivity contribution >= 4 is 5.97 Å². The van der Waals surface area contributed by atoms with E-state index in [0.29, 0.717) is 26.1 Å². The van der Waals surface area contributed by atoms with Gasteiger partial charge in [-0.05, 0) is 62.2 Å². The molecule has 0 spiro atoms. The summed E-state index contributed by atoms with van der Waals surface area (Å²) in [5, 5.41) is 0. The van der Waals surface area contributed by atoms with Gasteiger partial charge in [-0.1, -0.05) is 12.1 Å². The lowest BCUT2D eigenvalue weighted by Crippen LogP contribution is -2.28. The molecule has 0 saturated carbocycles. The van der Waals surface area contributed by atoms with E-state index in [2.05, 4.69) is 0 Å². The van der Waals surface area contributed by atoms with Gasteiger partial charge in [0.2, 0.25) is 0 Å². The zero-order valence-electron chi connectivity index (χ0n) is 19.0. The summed E-state index contributed by atoms with van der Waals surface area (Å²) in [6.07, 6.45) is 2.38. The van der Waals surface area contributed by atoms with Crippen molar-refractivity contribution in [3.8, 4) is 17.2 Å². The second kappa shape index (κ2) is 12.6. The second-order valence-corrected chi connectivity index (χ2v) is 6.80. The first-order valence-corrected chi connectivity index (χ1v) is 10.4. The standard InChI is InChI=1S/C25H32O6/c1-6-20(13-19-14-22(27-4)17-23(15-19)28-5)31-21-11-9-18(10-12-21)16-24(29-7-2)25(26)30-8-3/h6,9-12,14-15,17,24H,7-8,13,16H2,1-5H3. The van der Waals surface area contributed by atoms with Crippen LogP contribution < -0.4 is 14.2 Å². The molecule has 2 rings (SSSR count). The molecule has 0 aliphatic carbocycles. The first-order chi connectivity index (χ1) is 15.0. The molecule has 0 radical (unpaired) electrons. The summed E-state index contributed by atoms with van der Waals surface area (Å²) < 4.78 is 27.4. The Morgan fingerprint density at radius 3 is 2.06 bits per heavy atom. The lowest BCUT2D eigenvalue weighted by atomic mass is 10.1. The molecule has 0 aliphatic heterocycles. The van der Waals surface area contributed by atoms with E-state index in [9.17, 15) is 4.79 Å². The van der Waals surface area contributed by atoms with Gasteiger partial charge in [-0.2, -0.15) is 0 Å². The first-order valence-electron chi connectivity index (χ1n) is 10.4. The lowest BCUT2D eigenvalue weighted by Gasteiger charge is -2.16. The quantitative estimate of drug-likeness (QED) is 0.359.